The van der Waals surface area contributed by atoms with Crippen LogP contribution < -0.4 is 10.0 Å². The molecule has 0 amide bonds. The van der Waals surface area contributed by atoms with Gasteiger partial charge in [0.2, 0.25) is 0 Å². The first-order valence-electron chi connectivity index (χ1n) is 4.08. The lowest BCUT2D eigenvalue weighted by molar-refractivity contribution is 0.560. The lowest BCUT2D eigenvalue weighted by Gasteiger charge is -2.09. The Morgan fingerprint density at radius 3 is 2.58 bits per heavy atom. The summed E-state index contributed by atoms with van der Waals surface area (Å²) in [5.74, 6) is 0. The summed E-state index contributed by atoms with van der Waals surface area (Å²) in [7, 11) is 0. The summed E-state index contributed by atoms with van der Waals surface area (Å²) in [4.78, 5) is 0. The first-order valence-corrected chi connectivity index (χ1v) is 4.96. The molecule has 64 valence electrons. The third-order valence-corrected chi connectivity index (χ3v) is 2.76. The first-order chi connectivity index (χ1) is 5.86. The van der Waals surface area contributed by atoms with Crippen LogP contribution in [0.15, 0.2) is 30.3 Å². The van der Waals surface area contributed by atoms with Crippen LogP contribution in [0.25, 0.3) is 0 Å². The molecular formula is C9H12N2S. The fourth-order valence-electron chi connectivity index (χ4n) is 1.28. The highest BCUT2D eigenvalue weighted by atomic mass is 32.2. The van der Waals surface area contributed by atoms with E-state index in [2.05, 4.69) is 41.2 Å². The molecular weight excluding hydrogens is 168 g/mol. The summed E-state index contributed by atoms with van der Waals surface area (Å²) in [5, 5.41) is 3.92. The minimum absolute atomic E-state index is 0.311. The zero-order chi connectivity index (χ0) is 8.39. The molecule has 1 aromatic carbocycles. The average molecular weight is 180 g/mol. The molecule has 2 atom stereocenters. The van der Waals surface area contributed by atoms with Crippen molar-refractivity contribution >= 4 is 11.9 Å². The van der Waals surface area contributed by atoms with Crippen LogP contribution >= 0.6 is 11.9 Å². The van der Waals surface area contributed by atoms with E-state index in [9.17, 15) is 0 Å². The van der Waals surface area contributed by atoms with Gasteiger partial charge in [-0.2, -0.15) is 0 Å². The van der Waals surface area contributed by atoms with Gasteiger partial charge in [0.15, 0.2) is 0 Å². The monoisotopic (exact) mass is 180 g/mol. The maximum Gasteiger partial charge on any atom is 0.0936 e. The molecule has 0 bridgehead atoms. The molecule has 0 aromatic heterocycles. The van der Waals surface area contributed by atoms with Crippen LogP contribution in [0.2, 0.25) is 0 Å². The Kier molecular flexibility index (Phi) is 2.35. The molecule has 2 N–H and O–H groups in total. The van der Waals surface area contributed by atoms with E-state index in [0.29, 0.717) is 11.5 Å². The maximum atomic E-state index is 3.42. The van der Waals surface area contributed by atoms with Gasteiger partial charge in [-0.05, 0) is 12.5 Å². The molecule has 1 aliphatic heterocycles. The second-order valence-corrected chi connectivity index (χ2v) is 4.07. The van der Waals surface area contributed by atoms with Crippen LogP contribution in [-0.2, 0) is 0 Å². The molecule has 2 unspecified atom stereocenters. The normalized spacial score (nSPS) is 29.1. The van der Waals surface area contributed by atoms with Crippen LogP contribution in [0.1, 0.15) is 18.7 Å². The summed E-state index contributed by atoms with van der Waals surface area (Å²) in [6, 6.07) is 10.4. The van der Waals surface area contributed by atoms with Crippen LogP contribution in [-0.4, -0.2) is 5.37 Å². The van der Waals surface area contributed by atoms with E-state index < -0.39 is 0 Å². The molecule has 2 nitrogen and oxygen atoms in total. The molecule has 1 saturated heterocycles. The van der Waals surface area contributed by atoms with E-state index in [1.54, 1.807) is 11.9 Å². The minimum Gasteiger partial charge on any atom is -0.285 e. The first kappa shape index (κ1) is 8.10. The van der Waals surface area contributed by atoms with E-state index in [1.807, 2.05) is 6.07 Å². The maximum absolute atomic E-state index is 3.42. The summed E-state index contributed by atoms with van der Waals surface area (Å²) < 4.78 is 3.33. The molecule has 1 heterocycles. The number of hydrogen-bond acceptors (Lipinski definition) is 3. The van der Waals surface area contributed by atoms with Crippen molar-refractivity contribution in [3.8, 4) is 0 Å². The Bertz CT molecular complexity index is 250. The SMILES string of the molecule is CC1NC(c2ccccc2)NS1. The fraction of sp³-hybridized carbons (Fsp3) is 0.333. The van der Waals surface area contributed by atoms with Gasteiger partial charge in [-0.1, -0.05) is 42.3 Å². The van der Waals surface area contributed by atoms with Gasteiger partial charge in [-0.3, -0.25) is 5.32 Å². The summed E-state index contributed by atoms with van der Waals surface area (Å²) in [5.41, 5.74) is 1.30. The molecule has 12 heavy (non-hydrogen) atoms. The van der Waals surface area contributed by atoms with Crippen molar-refractivity contribution in [2.24, 2.45) is 0 Å². The highest BCUT2D eigenvalue weighted by Gasteiger charge is 2.20. The minimum atomic E-state index is 0.311. The largest absolute Gasteiger partial charge is 0.285 e. The number of hydrogen-bond donors (Lipinski definition) is 2. The van der Waals surface area contributed by atoms with E-state index in [-0.39, 0.29) is 0 Å². The van der Waals surface area contributed by atoms with Gasteiger partial charge < -0.3 is 0 Å². The zero-order valence-electron chi connectivity index (χ0n) is 6.95. The molecule has 0 aliphatic carbocycles. The molecule has 1 fully saturated rings. The van der Waals surface area contributed by atoms with Crippen LogP contribution in [0.5, 0.6) is 0 Å². The Hall–Kier alpha value is -0.510. The van der Waals surface area contributed by atoms with Crippen molar-refractivity contribution < 1.29 is 0 Å². The third-order valence-electron chi connectivity index (χ3n) is 1.90. The molecule has 1 aromatic rings. The van der Waals surface area contributed by atoms with Gasteiger partial charge in [0.1, 0.15) is 0 Å². The molecule has 1 aliphatic rings. The standard InChI is InChI=1S/C9H12N2S/c1-7-10-9(11-12-7)8-5-3-2-4-6-8/h2-7,9-11H,1H3. The predicted octanol–water partition coefficient (Wildman–Crippen LogP) is 1.87. The van der Waals surface area contributed by atoms with E-state index in [4.69, 9.17) is 0 Å². The third kappa shape index (κ3) is 1.63. The van der Waals surface area contributed by atoms with E-state index in [1.165, 1.54) is 5.56 Å². The zero-order valence-corrected chi connectivity index (χ0v) is 7.77. The van der Waals surface area contributed by atoms with Gasteiger partial charge in [-0.15, -0.1) is 0 Å². The second kappa shape index (κ2) is 3.47. The van der Waals surface area contributed by atoms with Crippen molar-refractivity contribution in [2.45, 2.75) is 18.5 Å². The van der Waals surface area contributed by atoms with Gasteiger partial charge in [-0.25, -0.2) is 4.72 Å². The average Bonchev–Trinajstić information content (AvgIpc) is 2.54. The topological polar surface area (TPSA) is 24.1 Å². The Morgan fingerprint density at radius 2 is 2.00 bits per heavy atom. The molecule has 0 radical (unpaired) electrons. The Labute approximate surface area is 76.9 Å². The highest BCUT2D eigenvalue weighted by molar-refractivity contribution is 7.98. The summed E-state index contributed by atoms with van der Waals surface area (Å²) in [6.45, 7) is 2.15. The quantitative estimate of drug-likeness (QED) is 0.645. The van der Waals surface area contributed by atoms with Gasteiger partial charge in [0.05, 0.1) is 11.5 Å². The molecule has 0 spiro atoms. The molecule has 0 saturated carbocycles. The lowest BCUT2D eigenvalue weighted by Crippen LogP contribution is -2.23. The summed E-state index contributed by atoms with van der Waals surface area (Å²) in [6.07, 6.45) is 0.311. The van der Waals surface area contributed by atoms with Crippen molar-refractivity contribution in [3.05, 3.63) is 35.9 Å². The number of benzene rings is 1. The summed E-state index contributed by atoms with van der Waals surface area (Å²) >= 11 is 1.74. The van der Waals surface area contributed by atoms with Crippen molar-refractivity contribution in [2.75, 3.05) is 0 Å². The van der Waals surface area contributed by atoms with Crippen molar-refractivity contribution in [3.63, 3.8) is 0 Å². The fourth-order valence-corrected chi connectivity index (χ4v) is 2.03. The smallest absolute Gasteiger partial charge is 0.0936 e. The lowest BCUT2D eigenvalue weighted by atomic mass is 10.2. The van der Waals surface area contributed by atoms with Crippen molar-refractivity contribution in [1.29, 1.82) is 0 Å². The highest BCUT2D eigenvalue weighted by Crippen LogP contribution is 2.22. The second-order valence-electron chi connectivity index (χ2n) is 2.89. The van der Waals surface area contributed by atoms with Gasteiger partial charge in [0.25, 0.3) is 0 Å². The predicted molar refractivity (Wildman–Crippen MR) is 52.5 cm³/mol. The molecule has 2 rings (SSSR count). The Balaban J connectivity index is 2.11. The van der Waals surface area contributed by atoms with Crippen molar-refractivity contribution in [1.82, 2.24) is 10.0 Å². The van der Waals surface area contributed by atoms with Gasteiger partial charge in [0, 0.05) is 0 Å². The van der Waals surface area contributed by atoms with Crippen LogP contribution in [0, 0.1) is 0 Å². The van der Waals surface area contributed by atoms with E-state index in [0.717, 1.165) is 0 Å². The van der Waals surface area contributed by atoms with E-state index >= 15 is 0 Å². The van der Waals surface area contributed by atoms with Gasteiger partial charge >= 0.3 is 0 Å². The number of rotatable bonds is 1. The van der Waals surface area contributed by atoms with Crippen LogP contribution in [0.3, 0.4) is 0 Å². The number of nitrogens with one attached hydrogen (secondary N) is 2. The van der Waals surface area contributed by atoms with Crippen LogP contribution in [0.4, 0.5) is 0 Å². The Morgan fingerprint density at radius 1 is 1.25 bits per heavy atom. The molecule has 3 heteroatoms.